The average molecular weight is 458 g/mol. The zero-order valence-corrected chi connectivity index (χ0v) is 18.7. The Morgan fingerprint density at radius 2 is 1.97 bits per heavy atom. The van der Waals surface area contributed by atoms with Crippen LogP contribution in [0.25, 0.3) is 6.08 Å². The number of thioether (sulfide) groups is 1. The van der Waals surface area contributed by atoms with Crippen molar-refractivity contribution in [2.75, 3.05) is 13.7 Å². The van der Waals surface area contributed by atoms with E-state index in [1.54, 1.807) is 44.4 Å². The van der Waals surface area contributed by atoms with Crippen LogP contribution in [0.5, 0.6) is 5.75 Å². The van der Waals surface area contributed by atoms with Gasteiger partial charge in [-0.15, -0.1) is 0 Å². The molecule has 0 fully saturated rings. The lowest BCUT2D eigenvalue weighted by Crippen LogP contribution is -2.14. The summed E-state index contributed by atoms with van der Waals surface area (Å²) in [5, 5.41) is 11.0. The topological polar surface area (TPSA) is 85.2 Å². The normalized spacial score (nSPS) is 16.1. The monoisotopic (exact) mass is 457 g/mol. The molecule has 0 bridgehead atoms. The molecular weight excluding hydrogens is 438 g/mol. The maximum Gasteiger partial charge on any atom is 0.344 e. The first-order valence-electron chi connectivity index (χ1n) is 9.38. The molecule has 1 heterocycles. The number of esters is 1. The Kier molecular flexibility index (Phi) is 7.20. The van der Waals surface area contributed by atoms with Crippen molar-refractivity contribution >= 4 is 46.4 Å². The van der Waals surface area contributed by atoms with Gasteiger partial charge in [0.1, 0.15) is 22.1 Å². The van der Waals surface area contributed by atoms with E-state index in [1.165, 1.54) is 0 Å². The number of aryl methyl sites for hydroxylation is 1. The van der Waals surface area contributed by atoms with Crippen molar-refractivity contribution in [3.63, 3.8) is 0 Å². The van der Waals surface area contributed by atoms with Crippen LogP contribution in [0.15, 0.2) is 63.7 Å². The van der Waals surface area contributed by atoms with Crippen LogP contribution in [-0.2, 0) is 9.53 Å². The van der Waals surface area contributed by atoms with Crippen LogP contribution >= 0.6 is 23.4 Å². The van der Waals surface area contributed by atoms with Crippen LogP contribution in [0.3, 0.4) is 0 Å². The first-order chi connectivity index (χ1) is 14.8. The van der Waals surface area contributed by atoms with E-state index in [2.05, 4.69) is 4.99 Å². The number of halogens is 1. The van der Waals surface area contributed by atoms with Crippen molar-refractivity contribution in [3.8, 4) is 5.75 Å². The van der Waals surface area contributed by atoms with E-state index < -0.39 is 11.9 Å². The summed E-state index contributed by atoms with van der Waals surface area (Å²) in [4.78, 5) is 29.6. The number of carbonyl (C=O) groups is 2. The molecule has 8 heteroatoms. The molecular formula is C23H20ClNO5S. The molecule has 0 aromatic heterocycles. The molecule has 1 N–H and O–H groups in total. The smallest absolute Gasteiger partial charge is 0.344 e. The molecule has 0 spiro atoms. The summed E-state index contributed by atoms with van der Waals surface area (Å²) < 4.78 is 10.3. The second kappa shape index (κ2) is 9.85. The molecule has 1 aliphatic rings. The maximum atomic E-state index is 12.7. The van der Waals surface area contributed by atoms with Crippen molar-refractivity contribution < 1.29 is 24.2 Å². The number of methoxy groups -OCH3 is 1. The Morgan fingerprint density at radius 3 is 2.61 bits per heavy atom. The largest absolute Gasteiger partial charge is 0.506 e. The number of hydrogen-bond acceptors (Lipinski definition) is 6. The molecule has 2 aromatic carbocycles. The number of ether oxygens (including phenoxy) is 2. The van der Waals surface area contributed by atoms with E-state index in [0.717, 1.165) is 28.6 Å². The second-order valence-corrected chi connectivity index (χ2v) is 7.92. The highest BCUT2D eigenvalue weighted by molar-refractivity contribution is 8.18. The first kappa shape index (κ1) is 22.7. The van der Waals surface area contributed by atoms with E-state index in [1.807, 2.05) is 25.1 Å². The van der Waals surface area contributed by atoms with Crippen molar-refractivity contribution in [2.45, 2.75) is 13.8 Å². The average Bonchev–Trinajstić information content (AvgIpc) is 3.03. The molecule has 1 aliphatic heterocycles. The van der Waals surface area contributed by atoms with Gasteiger partial charge in [0.25, 0.3) is 5.91 Å². The zero-order valence-electron chi connectivity index (χ0n) is 17.1. The van der Waals surface area contributed by atoms with Crippen LogP contribution in [0.4, 0.5) is 0 Å². The first-order valence-corrected chi connectivity index (χ1v) is 10.6. The van der Waals surface area contributed by atoms with Crippen LogP contribution in [0, 0.1) is 6.92 Å². The minimum atomic E-state index is -0.757. The van der Waals surface area contributed by atoms with Gasteiger partial charge in [-0.05, 0) is 55.3 Å². The standard InChI is InChI=1S/C23H20ClNO5S/c1-4-30-23(28)19-20(26)18(12-14-9-10-17(29-3)13(2)11-14)31-22(19)25-21(27)15-7-5-6-8-16(15)24/h5-12,26H,4H2,1-3H3/b18-12-,25-22?. The fourth-order valence-electron chi connectivity index (χ4n) is 2.92. The zero-order chi connectivity index (χ0) is 22.5. The molecule has 0 radical (unpaired) electrons. The van der Waals surface area contributed by atoms with Gasteiger partial charge in [0.05, 0.1) is 29.2 Å². The molecule has 0 unspecified atom stereocenters. The van der Waals surface area contributed by atoms with Crippen molar-refractivity contribution in [1.82, 2.24) is 0 Å². The number of hydrogen-bond donors (Lipinski definition) is 1. The van der Waals surface area contributed by atoms with E-state index >= 15 is 0 Å². The van der Waals surface area contributed by atoms with Crippen LogP contribution < -0.4 is 4.74 Å². The van der Waals surface area contributed by atoms with E-state index in [9.17, 15) is 14.7 Å². The van der Waals surface area contributed by atoms with Crippen LogP contribution in [0.1, 0.15) is 28.4 Å². The number of benzene rings is 2. The lowest BCUT2D eigenvalue weighted by molar-refractivity contribution is -0.138. The summed E-state index contributed by atoms with van der Waals surface area (Å²) in [6.07, 6.45) is 1.70. The van der Waals surface area contributed by atoms with Crippen LogP contribution in [-0.4, -0.2) is 35.7 Å². The van der Waals surface area contributed by atoms with Gasteiger partial charge < -0.3 is 14.6 Å². The predicted molar refractivity (Wildman–Crippen MR) is 123 cm³/mol. The third kappa shape index (κ3) is 5.00. The quantitative estimate of drug-likeness (QED) is 0.608. The molecule has 160 valence electrons. The number of aliphatic imine (C=N–C) groups is 1. The van der Waals surface area contributed by atoms with E-state index in [4.69, 9.17) is 21.1 Å². The third-order valence-electron chi connectivity index (χ3n) is 4.39. The summed E-state index contributed by atoms with van der Waals surface area (Å²) >= 11 is 7.10. The van der Waals surface area contributed by atoms with Crippen molar-refractivity contribution in [1.29, 1.82) is 0 Å². The van der Waals surface area contributed by atoms with Gasteiger partial charge in [-0.1, -0.05) is 41.6 Å². The summed E-state index contributed by atoms with van der Waals surface area (Å²) in [6, 6.07) is 12.0. The summed E-state index contributed by atoms with van der Waals surface area (Å²) in [7, 11) is 1.59. The Bertz CT molecular complexity index is 1140. The fraction of sp³-hybridized carbons (Fsp3) is 0.174. The Labute approximate surface area is 189 Å². The van der Waals surface area contributed by atoms with Gasteiger partial charge in [-0.3, -0.25) is 4.79 Å². The predicted octanol–water partition coefficient (Wildman–Crippen LogP) is 5.36. The maximum absolute atomic E-state index is 12.7. The lowest BCUT2D eigenvalue weighted by atomic mass is 10.1. The van der Waals surface area contributed by atoms with Gasteiger partial charge in [0, 0.05) is 0 Å². The van der Waals surface area contributed by atoms with Crippen LogP contribution in [0.2, 0.25) is 5.02 Å². The molecule has 1 amide bonds. The van der Waals surface area contributed by atoms with Gasteiger partial charge in [0.15, 0.2) is 0 Å². The number of amides is 1. The Balaban J connectivity index is 2.03. The molecule has 0 aliphatic carbocycles. The molecule has 0 atom stereocenters. The van der Waals surface area contributed by atoms with Gasteiger partial charge >= 0.3 is 5.97 Å². The van der Waals surface area contributed by atoms with E-state index in [0.29, 0.717) is 4.91 Å². The summed E-state index contributed by atoms with van der Waals surface area (Å²) in [6.45, 7) is 3.67. The molecule has 3 rings (SSSR count). The SMILES string of the molecule is CCOC(=O)C1=C(O)/C(=C/c2ccc(OC)c(C)c2)SC1=NC(=O)c1ccccc1Cl. The Morgan fingerprint density at radius 1 is 1.23 bits per heavy atom. The molecule has 2 aromatic rings. The highest BCUT2D eigenvalue weighted by atomic mass is 35.5. The number of nitrogens with zero attached hydrogens (tertiary/aromatic N) is 1. The number of carbonyl (C=O) groups excluding carboxylic acids is 2. The Hall–Kier alpha value is -3.03. The second-order valence-electron chi connectivity index (χ2n) is 6.49. The number of aliphatic hydroxyl groups is 1. The van der Waals surface area contributed by atoms with Gasteiger partial charge in [0.2, 0.25) is 0 Å². The highest BCUT2D eigenvalue weighted by Gasteiger charge is 2.34. The minimum absolute atomic E-state index is 0.0531. The number of aliphatic hydroxyl groups excluding tert-OH is 1. The summed E-state index contributed by atoms with van der Waals surface area (Å²) in [5.41, 5.74) is 1.75. The van der Waals surface area contributed by atoms with E-state index in [-0.39, 0.29) is 33.6 Å². The minimum Gasteiger partial charge on any atom is -0.506 e. The third-order valence-corrected chi connectivity index (χ3v) is 5.74. The fourth-order valence-corrected chi connectivity index (χ4v) is 4.15. The molecule has 31 heavy (non-hydrogen) atoms. The molecule has 0 saturated carbocycles. The lowest BCUT2D eigenvalue weighted by Gasteiger charge is -2.05. The number of rotatable bonds is 5. The van der Waals surface area contributed by atoms with Gasteiger partial charge in [-0.25, -0.2) is 9.79 Å². The highest BCUT2D eigenvalue weighted by Crippen LogP contribution is 2.39. The van der Waals surface area contributed by atoms with Crippen molar-refractivity contribution in [2.24, 2.45) is 4.99 Å². The van der Waals surface area contributed by atoms with Gasteiger partial charge in [-0.2, -0.15) is 0 Å². The summed E-state index contributed by atoms with van der Waals surface area (Å²) in [5.74, 6) is -0.930. The molecule has 6 nitrogen and oxygen atoms in total. The molecule has 0 saturated heterocycles. The van der Waals surface area contributed by atoms with Crippen molar-refractivity contribution in [3.05, 3.63) is 80.4 Å².